The van der Waals surface area contributed by atoms with E-state index in [1.807, 2.05) is 6.92 Å². The Morgan fingerprint density at radius 1 is 1.47 bits per heavy atom. The monoisotopic (exact) mass is 268 g/mol. The molecule has 0 saturated carbocycles. The zero-order valence-electron chi connectivity index (χ0n) is 10.8. The molecule has 19 heavy (non-hydrogen) atoms. The maximum absolute atomic E-state index is 11.4. The van der Waals surface area contributed by atoms with Gasteiger partial charge in [0.1, 0.15) is 0 Å². The zero-order valence-corrected chi connectivity index (χ0v) is 10.8. The quantitative estimate of drug-likeness (QED) is 0.459. The molecule has 0 aromatic heterocycles. The molecule has 0 bridgehead atoms. The second kappa shape index (κ2) is 7.32. The van der Waals surface area contributed by atoms with Gasteiger partial charge in [0.25, 0.3) is 0 Å². The van der Waals surface area contributed by atoms with Crippen molar-refractivity contribution < 1.29 is 19.5 Å². The predicted molar refractivity (Wildman–Crippen MR) is 68.6 cm³/mol. The number of methoxy groups -OCH3 is 1. The van der Waals surface area contributed by atoms with Gasteiger partial charge in [0.05, 0.1) is 6.61 Å². The van der Waals surface area contributed by atoms with Crippen LogP contribution in [0.25, 0.3) is 0 Å². The molecule has 1 aromatic carbocycles. The molecule has 0 atom stereocenters. The number of benzene rings is 1. The number of carbonyl (C=O) groups excluding carboxylic acids is 1. The first-order chi connectivity index (χ1) is 9.08. The number of hydrogen-bond donors (Lipinski definition) is 1. The summed E-state index contributed by atoms with van der Waals surface area (Å²) in [5.74, 6) is -0.969. The highest BCUT2D eigenvalue weighted by Gasteiger charge is 2.12. The van der Waals surface area contributed by atoms with Gasteiger partial charge in [0.15, 0.2) is 0 Å². The second-order valence-electron chi connectivity index (χ2n) is 3.75. The molecule has 104 valence electrons. The molecule has 0 unspecified atom stereocenters. The molecule has 0 heterocycles. The number of nitrogens with one attached hydrogen (secondary N) is 1. The van der Waals surface area contributed by atoms with E-state index >= 15 is 0 Å². The van der Waals surface area contributed by atoms with Gasteiger partial charge in [-0.25, -0.2) is 4.84 Å². The minimum atomic E-state index is -1.11. The molecule has 0 spiro atoms. The summed E-state index contributed by atoms with van der Waals surface area (Å²) in [7, 11) is 1.61. The fraction of sp³-hybridized carbons (Fsp3) is 0.417. The molecule has 0 saturated heterocycles. The maximum atomic E-state index is 11.4. The summed E-state index contributed by atoms with van der Waals surface area (Å²) in [6.45, 7) is 3.13. The third kappa shape index (κ3) is 4.55. The molecule has 1 aromatic rings. The molecular weight excluding hydrogens is 252 g/mol. The van der Waals surface area contributed by atoms with E-state index in [4.69, 9.17) is 4.74 Å². The molecule has 0 aliphatic heterocycles. The summed E-state index contributed by atoms with van der Waals surface area (Å²) in [6, 6.07) is 4.77. The van der Waals surface area contributed by atoms with Crippen LogP contribution in [0.5, 0.6) is 0 Å². The van der Waals surface area contributed by atoms with Crippen molar-refractivity contribution in [1.29, 1.82) is 0 Å². The summed E-state index contributed by atoms with van der Waals surface area (Å²) in [6.07, 6.45) is 0.689. The minimum Gasteiger partial charge on any atom is -0.383 e. The fourth-order valence-electron chi connectivity index (χ4n) is 1.59. The zero-order chi connectivity index (χ0) is 14.3. The van der Waals surface area contributed by atoms with Gasteiger partial charge in [0, 0.05) is 24.9 Å². The van der Waals surface area contributed by atoms with Crippen molar-refractivity contribution in [3.63, 3.8) is 0 Å². The van der Waals surface area contributed by atoms with Crippen LogP contribution in [0.15, 0.2) is 18.2 Å². The van der Waals surface area contributed by atoms with Gasteiger partial charge in [-0.15, -0.1) is 10.1 Å². The lowest BCUT2D eigenvalue weighted by Crippen LogP contribution is -2.12. The lowest BCUT2D eigenvalue weighted by atomic mass is 10.1. The van der Waals surface area contributed by atoms with Gasteiger partial charge in [-0.1, -0.05) is 6.92 Å². The SMILES string of the molecule is CCc1cc(C(=O)O[N+](=O)[O-])ccc1NCCOC. The fourth-order valence-corrected chi connectivity index (χ4v) is 1.59. The van der Waals surface area contributed by atoms with Gasteiger partial charge in [-0.05, 0) is 30.2 Å². The highest BCUT2D eigenvalue weighted by atomic mass is 17.0. The smallest absolute Gasteiger partial charge is 0.334 e. The Hall–Kier alpha value is -2.15. The topological polar surface area (TPSA) is 90.7 Å². The highest BCUT2D eigenvalue weighted by molar-refractivity contribution is 5.89. The summed E-state index contributed by atoms with van der Waals surface area (Å²) in [5, 5.41) is 12.2. The van der Waals surface area contributed by atoms with Gasteiger partial charge in [0.2, 0.25) is 0 Å². The first-order valence-corrected chi connectivity index (χ1v) is 5.81. The molecule has 1 rings (SSSR count). The third-order valence-corrected chi connectivity index (χ3v) is 2.50. The number of carbonyl (C=O) groups is 1. The summed E-state index contributed by atoms with van der Waals surface area (Å²) < 4.78 is 4.93. The van der Waals surface area contributed by atoms with E-state index < -0.39 is 11.1 Å². The molecule has 0 aliphatic rings. The number of rotatable bonds is 7. The van der Waals surface area contributed by atoms with Crippen molar-refractivity contribution in [1.82, 2.24) is 0 Å². The lowest BCUT2D eigenvalue weighted by Gasteiger charge is -2.11. The largest absolute Gasteiger partial charge is 0.383 e. The maximum Gasteiger partial charge on any atom is 0.334 e. The molecule has 1 N–H and O–H groups in total. The van der Waals surface area contributed by atoms with Gasteiger partial charge in [-0.3, -0.25) is 4.79 Å². The molecule has 0 aliphatic carbocycles. The number of hydrogen-bond acceptors (Lipinski definition) is 6. The minimum absolute atomic E-state index is 0.158. The highest BCUT2D eigenvalue weighted by Crippen LogP contribution is 2.18. The van der Waals surface area contributed by atoms with E-state index in [1.165, 1.54) is 6.07 Å². The van der Waals surface area contributed by atoms with Crippen LogP contribution in [0.2, 0.25) is 0 Å². The first kappa shape index (κ1) is 14.9. The van der Waals surface area contributed by atoms with Crippen LogP contribution in [0.4, 0.5) is 5.69 Å². The van der Waals surface area contributed by atoms with Crippen molar-refractivity contribution in [2.45, 2.75) is 13.3 Å². The van der Waals surface area contributed by atoms with Crippen LogP contribution in [0.3, 0.4) is 0 Å². The number of aryl methyl sites for hydroxylation is 1. The van der Waals surface area contributed by atoms with Crippen LogP contribution >= 0.6 is 0 Å². The second-order valence-corrected chi connectivity index (χ2v) is 3.75. The average Bonchev–Trinajstić information content (AvgIpc) is 2.38. The summed E-state index contributed by atoms with van der Waals surface area (Å²) in [5.41, 5.74) is 1.91. The van der Waals surface area contributed by atoms with E-state index in [1.54, 1.807) is 19.2 Å². The average molecular weight is 268 g/mol. The van der Waals surface area contributed by atoms with E-state index in [0.29, 0.717) is 19.6 Å². The van der Waals surface area contributed by atoms with Crippen LogP contribution in [0, 0.1) is 10.1 Å². The Labute approximate surface area is 110 Å². The standard InChI is InChI=1S/C12H16N2O5/c1-3-9-8-10(12(15)19-14(16)17)4-5-11(9)13-6-7-18-2/h4-5,8,13H,3,6-7H2,1-2H3. The van der Waals surface area contributed by atoms with Crippen LogP contribution in [-0.4, -0.2) is 31.3 Å². The van der Waals surface area contributed by atoms with Crippen molar-refractivity contribution in [3.8, 4) is 0 Å². The summed E-state index contributed by atoms with van der Waals surface area (Å²) >= 11 is 0. The van der Waals surface area contributed by atoms with Crippen molar-refractivity contribution in [3.05, 3.63) is 39.4 Å². The molecule has 7 heteroatoms. The Morgan fingerprint density at radius 2 is 2.21 bits per heavy atom. The van der Waals surface area contributed by atoms with Crippen molar-refractivity contribution >= 4 is 11.7 Å². The molecular formula is C12H16N2O5. The van der Waals surface area contributed by atoms with Crippen LogP contribution in [-0.2, 0) is 16.0 Å². The summed E-state index contributed by atoms with van der Waals surface area (Å²) in [4.78, 5) is 25.4. The molecule has 0 fully saturated rings. The third-order valence-electron chi connectivity index (χ3n) is 2.50. The van der Waals surface area contributed by atoms with Gasteiger partial charge >= 0.3 is 11.1 Å². The Kier molecular flexibility index (Phi) is 5.74. The molecule has 0 radical (unpaired) electrons. The van der Waals surface area contributed by atoms with Crippen molar-refractivity contribution in [2.24, 2.45) is 0 Å². The lowest BCUT2D eigenvalue weighted by molar-refractivity contribution is -0.727. The Bertz CT molecular complexity index is 461. The van der Waals surface area contributed by atoms with E-state index in [-0.39, 0.29) is 5.56 Å². The van der Waals surface area contributed by atoms with Gasteiger partial charge in [-0.2, -0.15) is 0 Å². The Balaban J connectivity index is 2.83. The van der Waals surface area contributed by atoms with Crippen molar-refractivity contribution in [2.75, 3.05) is 25.6 Å². The van der Waals surface area contributed by atoms with E-state index in [0.717, 1.165) is 11.3 Å². The molecule has 0 amide bonds. The van der Waals surface area contributed by atoms with E-state index in [9.17, 15) is 14.9 Å². The number of anilines is 1. The predicted octanol–water partition coefficient (Wildman–Crippen LogP) is 1.66. The Morgan fingerprint density at radius 3 is 2.79 bits per heavy atom. The van der Waals surface area contributed by atoms with Crippen LogP contribution < -0.4 is 5.32 Å². The number of ether oxygens (including phenoxy) is 1. The van der Waals surface area contributed by atoms with Crippen LogP contribution in [0.1, 0.15) is 22.8 Å². The molecule has 7 nitrogen and oxygen atoms in total. The first-order valence-electron chi connectivity index (χ1n) is 5.81. The number of nitrogens with zero attached hydrogens (tertiary/aromatic N) is 1. The van der Waals surface area contributed by atoms with E-state index in [2.05, 4.69) is 10.2 Å². The van der Waals surface area contributed by atoms with Gasteiger partial charge < -0.3 is 10.1 Å². The normalized spacial score (nSPS) is 10.0.